The molecule has 0 unspecified atom stereocenters. The second kappa shape index (κ2) is 13.1. The van der Waals surface area contributed by atoms with Crippen molar-refractivity contribution in [1.82, 2.24) is 9.21 Å². The molecule has 0 saturated carbocycles. The first-order valence-corrected chi connectivity index (χ1v) is 16.7. The topological polar surface area (TPSA) is 143 Å². The number of hydrogen-bond acceptors (Lipinski definition) is 8. The highest BCUT2D eigenvalue weighted by molar-refractivity contribution is 7.92. The standard InChI is InChI=1S/C29H34ClN3O8S2/c1-19-16-33(20(2)18-34)29(35)25-6-5-7-26(31-42(36,37)23-12-8-21(30)9-13-23)28(25)41-27(19)17-32(3)43(38,39)24-14-10-22(40-4)11-15-24/h5-15,19-20,27,31,34H,16-18H2,1-4H3/t19-,20-,27+/m0/s1. The number of carbonyl (C=O) groups is 1. The molecule has 0 aromatic heterocycles. The summed E-state index contributed by atoms with van der Waals surface area (Å²) in [6.45, 7) is 3.21. The Labute approximate surface area is 257 Å². The van der Waals surface area contributed by atoms with E-state index in [0.29, 0.717) is 10.8 Å². The number of nitrogens with zero attached hydrogens (tertiary/aromatic N) is 2. The maximum atomic E-state index is 13.7. The van der Waals surface area contributed by atoms with Crippen molar-refractivity contribution in [2.24, 2.45) is 5.92 Å². The number of amides is 1. The fraction of sp³-hybridized carbons (Fsp3) is 0.345. The molecule has 0 bridgehead atoms. The number of para-hydroxylation sites is 1. The number of methoxy groups -OCH3 is 1. The largest absolute Gasteiger partial charge is 0.497 e. The Kier molecular flexibility index (Phi) is 9.92. The molecule has 0 spiro atoms. The highest BCUT2D eigenvalue weighted by Gasteiger charge is 2.36. The van der Waals surface area contributed by atoms with Crippen LogP contribution in [0.2, 0.25) is 5.02 Å². The molecular formula is C29H34ClN3O8S2. The number of fused-ring (bicyclic) bond motifs is 1. The van der Waals surface area contributed by atoms with E-state index in [1.165, 1.54) is 73.7 Å². The molecule has 1 aliphatic heterocycles. The fourth-order valence-corrected chi connectivity index (χ4v) is 7.01. The Balaban J connectivity index is 1.74. The van der Waals surface area contributed by atoms with E-state index < -0.39 is 44.0 Å². The van der Waals surface area contributed by atoms with E-state index in [4.69, 9.17) is 21.1 Å². The zero-order valence-corrected chi connectivity index (χ0v) is 26.5. The molecular weight excluding hydrogens is 618 g/mol. The Morgan fingerprint density at radius 1 is 1.07 bits per heavy atom. The van der Waals surface area contributed by atoms with Crippen LogP contribution in [-0.4, -0.2) is 83.1 Å². The second-order valence-electron chi connectivity index (χ2n) is 10.3. The summed E-state index contributed by atoms with van der Waals surface area (Å²) in [4.78, 5) is 15.2. The summed E-state index contributed by atoms with van der Waals surface area (Å²) in [7, 11) is -5.18. The summed E-state index contributed by atoms with van der Waals surface area (Å²) < 4.78 is 68.6. The van der Waals surface area contributed by atoms with Gasteiger partial charge in [-0.2, -0.15) is 4.31 Å². The molecule has 3 atom stereocenters. The minimum Gasteiger partial charge on any atom is -0.497 e. The molecule has 0 radical (unpaired) electrons. The van der Waals surface area contributed by atoms with Crippen LogP contribution in [0.1, 0.15) is 24.2 Å². The summed E-state index contributed by atoms with van der Waals surface area (Å²) in [5.41, 5.74) is 0.0614. The van der Waals surface area contributed by atoms with Crippen molar-refractivity contribution in [3.63, 3.8) is 0 Å². The lowest BCUT2D eigenvalue weighted by Gasteiger charge is -2.38. The Bertz CT molecular complexity index is 1670. The van der Waals surface area contributed by atoms with Crippen LogP contribution < -0.4 is 14.2 Å². The minimum atomic E-state index is -4.13. The molecule has 2 N–H and O–H groups in total. The van der Waals surface area contributed by atoms with Crippen molar-refractivity contribution in [2.45, 2.75) is 35.8 Å². The zero-order chi connectivity index (χ0) is 31.5. The molecule has 11 nitrogen and oxygen atoms in total. The highest BCUT2D eigenvalue weighted by atomic mass is 35.5. The van der Waals surface area contributed by atoms with E-state index >= 15 is 0 Å². The van der Waals surface area contributed by atoms with Crippen molar-refractivity contribution >= 4 is 43.2 Å². The predicted molar refractivity (Wildman–Crippen MR) is 163 cm³/mol. The van der Waals surface area contributed by atoms with E-state index in [-0.39, 0.29) is 46.5 Å². The van der Waals surface area contributed by atoms with Gasteiger partial charge in [-0.3, -0.25) is 9.52 Å². The number of ether oxygens (including phenoxy) is 2. The number of carbonyl (C=O) groups excluding carboxylic acids is 1. The van der Waals surface area contributed by atoms with Gasteiger partial charge in [0.2, 0.25) is 10.0 Å². The summed E-state index contributed by atoms with van der Waals surface area (Å²) in [5.74, 6) is -0.437. The monoisotopic (exact) mass is 651 g/mol. The van der Waals surface area contributed by atoms with Gasteiger partial charge in [0.05, 0.1) is 47.3 Å². The molecule has 43 heavy (non-hydrogen) atoms. The van der Waals surface area contributed by atoms with Crippen LogP contribution in [0.25, 0.3) is 0 Å². The van der Waals surface area contributed by atoms with E-state index in [1.807, 2.05) is 0 Å². The van der Waals surface area contributed by atoms with Crippen LogP contribution >= 0.6 is 11.6 Å². The van der Waals surface area contributed by atoms with Crippen LogP contribution in [0.3, 0.4) is 0 Å². The molecule has 1 amide bonds. The Hall–Kier alpha value is -3.36. The van der Waals surface area contributed by atoms with Gasteiger partial charge in [-0.05, 0) is 67.6 Å². The van der Waals surface area contributed by atoms with Crippen LogP contribution in [-0.2, 0) is 20.0 Å². The average Bonchev–Trinajstić information content (AvgIpc) is 2.98. The van der Waals surface area contributed by atoms with E-state index in [0.717, 1.165) is 4.31 Å². The third kappa shape index (κ3) is 7.07. The van der Waals surface area contributed by atoms with Crippen molar-refractivity contribution in [1.29, 1.82) is 0 Å². The van der Waals surface area contributed by atoms with Gasteiger partial charge in [-0.25, -0.2) is 16.8 Å². The van der Waals surface area contributed by atoms with Gasteiger partial charge in [0.25, 0.3) is 15.9 Å². The van der Waals surface area contributed by atoms with Gasteiger partial charge >= 0.3 is 0 Å². The molecule has 4 rings (SSSR count). The third-order valence-electron chi connectivity index (χ3n) is 7.26. The molecule has 0 saturated heterocycles. The van der Waals surface area contributed by atoms with Crippen LogP contribution in [0.5, 0.6) is 11.5 Å². The second-order valence-corrected chi connectivity index (χ2v) is 14.5. The number of anilines is 1. The lowest BCUT2D eigenvalue weighted by Crippen LogP contribution is -2.50. The molecule has 1 aliphatic rings. The highest BCUT2D eigenvalue weighted by Crippen LogP contribution is 2.36. The average molecular weight is 652 g/mol. The number of hydrogen-bond donors (Lipinski definition) is 2. The number of rotatable bonds is 10. The van der Waals surface area contributed by atoms with Crippen molar-refractivity contribution in [2.75, 3.05) is 38.6 Å². The zero-order valence-electron chi connectivity index (χ0n) is 24.1. The number of sulfonamides is 2. The van der Waals surface area contributed by atoms with E-state index in [1.54, 1.807) is 26.0 Å². The normalized spacial score (nSPS) is 18.3. The molecule has 3 aromatic rings. The van der Waals surface area contributed by atoms with E-state index in [2.05, 4.69) is 4.72 Å². The van der Waals surface area contributed by atoms with Crippen LogP contribution in [0.4, 0.5) is 5.69 Å². The van der Waals surface area contributed by atoms with Gasteiger partial charge in [0.1, 0.15) is 11.9 Å². The van der Waals surface area contributed by atoms with Crippen LogP contribution in [0, 0.1) is 5.92 Å². The molecule has 1 heterocycles. The van der Waals surface area contributed by atoms with Gasteiger partial charge in [-0.1, -0.05) is 24.6 Å². The number of benzene rings is 3. The lowest BCUT2D eigenvalue weighted by molar-refractivity contribution is 0.0389. The molecule has 3 aromatic carbocycles. The summed E-state index contributed by atoms with van der Waals surface area (Å²) in [5, 5.41) is 10.3. The van der Waals surface area contributed by atoms with Crippen LogP contribution in [0.15, 0.2) is 76.5 Å². The van der Waals surface area contributed by atoms with Crippen molar-refractivity contribution < 1.29 is 36.2 Å². The molecule has 232 valence electrons. The molecule has 14 heteroatoms. The predicted octanol–water partition coefficient (Wildman–Crippen LogP) is 3.69. The third-order valence-corrected chi connectivity index (χ3v) is 10.7. The molecule has 0 fully saturated rings. The maximum absolute atomic E-state index is 13.7. The quantitative estimate of drug-likeness (QED) is 0.338. The van der Waals surface area contributed by atoms with Gasteiger partial charge in [0.15, 0.2) is 5.75 Å². The Morgan fingerprint density at radius 2 is 1.70 bits per heavy atom. The van der Waals surface area contributed by atoms with Gasteiger partial charge < -0.3 is 19.5 Å². The molecule has 0 aliphatic carbocycles. The maximum Gasteiger partial charge on any atom is 0.262 e. The number of aliphatic hydroxyl groups is 1. The first kappa shape index (κ1) is 32.6. The first-order chi connectivity index (χ1) is 20.3. The lowest BCUT2D eigenvalue weighted by atomic mass is 9.99. The van der Waals surface area contributed by atoms with Crippen molar-refractivity contribution in [3.05, 3.63) is 77.3 Å². The number of aliphatic hydroxyl groups excluding tert-OH is 1. The summed E-state index contributed by atoms with van der Waals surface area (Å²) in [6.07, 6.45) is -0.820. The smallest absolute Gasteiger partial charge is 0.262 e. The van der Waals surface area contributed by atoms with Crippen molar-refractivity contribution in [3.8, 4) is 11.5 Å². The summed E-state index contributed by atoms with van der Waals surface area (Å²) >= 11 is 5.93. The van der Waals surface area contributed by atoms with Gasteiger partial charge in [0, 0.05) is 24.5 Å². The fourth-order valence-electron chi connectivity index (χ4n) is 4.64. The van der Waals surface area contributed by atoms with E-state index in [9.17, 15) is 26.7 Å². The first-order valence-electron chi connectivity index (χ1n) is 13.4. The van der Waals surface area contributed by atoms with Gasteiger partial charge in [-0.15, -0.1) is 0 Å². The minimum absolute atomic E-state index is 0.00262. The Morgan fingerprint density at radius 3 is 2.30 bits per heavy atom. The number of halogens is 1. The SMILES string of the molecule is COc1ccc(S(=O)(=O)N(C)C[C@H]2Oc3c(NS(=O)(=O)c4ccc(Cl)cc4)cccc3C(=O)N([C@@H](C)CO)C[C@@H]2C)cc1. The summed E-state index contributed by atoms with van der Waals surface area (Å²) in [6, 6.07) is 15.4. The number of likely N-dealkylation sites (N-methyl/N-ethyl adjacent to an activating group) is 1. The number of nitrogens with one attached hydrogen (secondary N) is 1.